The molecule has 1 heterocycles. The van der Waals surface area contributed by atoms with E-state index in [2.05, 4.69) is 14.7 Å². The highest BCUT2D eigenvalue weighted by atomic mass is 35.5. The van der Waals surface area contributed by atoms with Gasteiger partial charge in [-0.05, 0) is 18.5 Å². The molecular weight excluding hydrogens is 254 g/mol. The Kier molecular flexibility index (Phi) is 4.60. The predicted octanol–water partition coefficient (Wildman–Crippen LogP) is 0.443. The Morgan fingerprint density at radius 3 is 2.56 bits per heavy atom. The maximum absolute atomic E-state index is 11.7. The second-order valence-corrected chi connectivity index (χ2v) is 5.22. The van der Waals surface area contributed by atoms with E-state index in [1.54, 1.807) is 6.92 Å². The molecule has 0 aromatic carbocycles. The van der Waals surface area contributed by atoms with Gasteiger partial charge in [-0.1, -0.05) is 0 Å². The van der Waals surface area contributed by atoms with Gasteiger partial charge >= 0.3 is 0 Å². The summed E-state index contributed by atoms with van der Waals surface area (Å²) in [7, 11) is -2.12. The molecule has 6 nitrogen and oxygen atoms in total. The van der Waals surface area contributed by atoms with Gasteiger partial charge in [-0.15, -0.1) is 0 Å². The van der Waals surface area contributed by atoms with Crippen molar-refractivity contribution in [3.8, 4) is 0 Å². The van der Waals surface area contributed by atoms with E-state index in [0.29, 0.717) is 0 Å². The number of sulfonamides is 1. The Morgan fingerprint density at radius 1 is 1.50 bits per heavy atom. The molecule has 0 radical (unpaired) electrons. The van der Waals surface area contributed by atoms with Crippen molar-refractivity contribution in [1.29, 1.82) is 0 Å². The quantitative estimate of drug-likeness (QED) is 0.782. The predicted molar refractivity (Wildman–Crippen MR) is 58.7 cm³/mol. The minimum atomic E-state index is -3.61. The summed E-state index contributed by atoms with van der Waals surface area (Å²) in [6.45, 7) is 1.98. The third-order valence-electron chi connectivity index (χ3n) is 1.68. The van der Waals surface area contributed by atoms with Crippen LogP contribution in [0.2, 0.25) is 5.28 Å². The van der Waals surface area contributed by atoms with Crippen LogP contribution in [0.4, 0.5) is 0 Å². The molecule has 1 N–H and O–H groups in total. The van der Waals surface area contributed by atoms with Crippen LogP contribution in [0.15, 0.2) is 17.3 Å². The molecule has 8 heteroatoms. The molecule has 1 aromatic heterocycles. The van der Waals surface area contributed by atoms with Gasteiger partial charge in [0.15, 0.2) is 0 Å². The number of hydrogen-bond acceptors (Lipinski definition) is 5. The van der Waals surface area contributed by atoms with Crippen molar-refractivity contribution in [2.45, 2.75) is 17.9 Å². The molecule has 90 valence electrons. The third kappa shape index (κ3) is 3.67. The SMILES string of the molecule is COCC(C)NS(=O)(=O)c1cnc(Cl)nc1. The molecule has 1 unspecified atom stereocenters. The Hall–Kier alpha value is -0.760. The van der Waals surface area contributed by atoms with Crippen LogP contribution in [0, 0.1) is 0 Å². The van der Waals surface area contributed by atoms with Crippen LogP contribution < -0.4 is 4.72 Å². The first-order valence-corrected chi connectivity index (χ1v) is 6.30. The topological polar surface area (TPSA) is 81.2 Å². The zero-order valence-electron chi connectivity index (χ0n) is 8.84. The van der Waals surface area contributed by atoms with Crippen molar-refractivity contribution in [2.24, 2.45) is 0 Å². The summed E-state index contributed by atoms with van der Waals surface area (Å²) in [5.74, 6) is 0. The highest BCUT2D eigenvalue weighted by Gasteiger charge is 2.17. The highest BCUT2D eigenvalue weighted by Crippen LogP contribution is 2.08. The first-order valence-electron chi connectivity index (χ1n) is 4.44. The van der Waals surface area contributed by atoms with E-state index in [1.807, 2.05) is 0 Å². The molecule has 16 heavy (non-hydrogen) atoms. The van der Waals surface area contributed by atoms with Crippen molar-refractivity contribution in [3.05, 3.63) is 17.7 Å². The summed E-state index contributed by atoms with van der Waals surface area (Å²) < 4.78 is 30.7. The van der Waals surface area contributed by atoms with Crippen molar-refractivity contribution in [2.75, 3.05) is 13.7 Å². The monoisotopic (exact) mass is 265 g/mol. The van der Waals surface area contributed by atoms with Gasteiger partial charge in [0.1, 0.15) is 4.90 Å². The van der Waals surface area contributed by atoms with Gasteiger partial charge in [-0.2, -0.15) is 0 Å². The smallest absolute Gasteiger partial charge is 0.243 e. The van der Waals surface area contributed by atoms with Crippen molar-refractivity contribution < 1.29 is 13.2 Å². The van der Waals surface area contributed by atoms with Crippen molar-refractivity contribution in [1.82, 2.24) is 14.7 Å². The molecule has 1 rings (SSSR count). The lowest BCUT2D eigenvalue weighted by molar-refractivity contribution is 0.180. The number of nitrogens with zero attached hydrogens (tertiary/aromatic N) is 2. The van der Waals surface area contributed by atoms with Gasteiger partial charge in [0, 0.05) is 13.2 Å². The summed E-state index contributed by atoms with van der Waals surface area (Å²) in [5, 5.41) is 0.00360. The normalized spacial score (nSPS) is 13.7. The van der Waals surface area contributed by atoms with Crippen LogP contribution in [0.3, 0.4) is 0 Å². The van der Waals surface area contributed by atoms with Gasteiger partial charge in [-0.25, -0.2) is 23.1 Å². The average Bonchev–Trinajstić information content (AvgIpc) is 2.17. The molecule has 0 saturated heterocycles. The van der Waals surface area contributed by atoms with Crippen LogP contribution in [0.5, 0.6) is 0 Å². The zero-order chi connectivity index (χ0) is 12.2. The zero-order valence-corrected chi connectivity index (χ0v) is 10.4. The van der Waals surface area contributed by atoms with E-state index in [4.69, 9.17) is 16.3 Å². The second-order valence-electron chi connectivity index (χ2n) is 3.17. The number of methoxy groups -OCH3 is 1. The van der Waals surface area contributed by atoms with Crippen LogP contribution in [0.25, 0.3) is 0 Å². The minimum absolute atomic E-state index is 0.00360. The van der Waals surface area contributed by atoms with Gasteiger partial charge in [0.2, 0.25) is 15.3 Å². The van der Waals surface area contributed by atoms with E-state index in [-0.39, 0.29) is 22.8 Å². The molecule has 0 bridgehead atoms. The Bertz CT molecular complexity index is 434. The Labute approximate surface area is 99.1 Å². The molecule has 0 amide bonds. The minimum Gasteiger partial charge on any atom is -0.383 e. The molecule has 0 aliphatic carbocycles. The lowest BCUT2D eigenvalue weighted by atomic mass is 10.4. The fraction of sp³-hybridized carbons (Fsp3) is 0.500. The summed E-state index contributed by atoms with van der Waals surface area (Å²) >= 11 is 5.46. The van der Waals surface area contributed by atoms with Gasteiger partial charge in [0.05, 0.1) is 19.0 Å². The first-order chi connectivity index (χ1) is 7.45. The van der Waals surface area contributed by atoms with Gasteiger partial charge < -0.3 is 4.74 Å². The average molecular weight is 266 g/mol. The van der Waals surface area contributed by atoms with E-state index < -0.39 is 10.0 Å². The van der Waals surface area contributed by atoms with Gasteiger partial charge in [0.25, 0.3) is 0 Å². The van der Waals surface area contributed by atoms with Gasteiger partial charge in [-0.3, -0.25) is 0 Å². The summed E-state index contributed by atoms with van der Waals surface area (Å²) in [4.78, 5) is 7.18. The van der Waals surface area contributed by atoms with E-state index in [1.165, 1.54) is 7.11 Å². The van der Waals surface area contributed by atoms with E-state index in [9.17, 15) is 8.42 Å². The molecule has 0 aliphatic rings. The molecule has 1 aromatic rings. The largest absolute Gasteiger partial charge is 0.383 e. The lowest BCUT2D eigenvalue weighted by Crippen LogP contribution is -2.35. The number of halogens is 1. The Morgan fingerprint density at radius 2 is 2.06 bits per heavy atom. The molecule has 1 atom stereocenters. The fourth-order valence-electron chi connectivity index (χ4n) is 1.06. The summed E-state index contributed by atoms with van der Waals surface area (Å²) in [6.07, 6.45) is 2.30. The van der Waals surface area contributed by atoms with Crippen molar-refractivity contribution in [3.63, 3.8) is 0 Å². The standard InChI is InChI=1S/C8H12ClN3O3S/c1-6(5-15-2)12-16(13,14)7-3-10-8(9)11-4-7/h3-4,6,12H,5H2,1-2H3. The molecular formula is C8H12ClN3O3S. The summed E-state index contributed by atoms with van der Waals surface area (Å²) in [5.41, 5.74) is 0. The third-order valence-corrected chi connectivity index (χ3v) is 3.42. The fourth-order valence-corrected chi connectivity index (χ4v) is 2.27. The highest BCUT2D eigenvalue weighted by molar-refractivity contribution is 7.89. The molecule has 0 spiro atoms. The lowest BCUT2D eigenvalue weighted by Gasteiger charge is -2.12. The molecule has 0 saturated carbocycles. The number of rotatable bonds is 5. The number of ether oxygens (including phenoxy) is 1. The Balaban J connectivity index is 2.82. The van der Waals surface area contributed by atoms with Crippen LogP contribution in [-0.4, -0.2) is 38.1 Å². The van der Waals surface area contributed by atoms with Crippen LogP contribution >= 0.6 is 11.6 Å². The maximum Gasteiger partial charge on any atom is 0.243 e. The number of hydrogen-bond donors (Lipinski definition) is 1. The number of nitrogens with one attached hydrogen (secondary N) is 1. The summed E-state index contributed by atoms with van der Waals surface area (Å²) in [6, 6.07) is -0.328. The number of aromatic nitrogens is 2. The van der Waals surface area contributed by atoms with E-state index in [0.717, 1.165) is 12.4 Å². The maximum atomic E-state index is 11.7. The van der Waals surface area contributed by atoms with Crippen LogP contribution in [0.1, 0.15) is 6.92 Å². The van der Waals surface area contributed by atoms with Crippen molar-refractivity contribution >= 4 is 21.6 Å². The molecule has 0 fully saturated rings. The molecule has 0 aliphatic heterocycles. The second kappa shape index (κ2) is 5.53. The van der Waals surface area contributed by atoms with Crippen LogP contribution in [-0.2, 0) is 14.8 Å². The van der Waals surface area contributed by atoms with E-state index >= 15 is 0 Å². The first kappa shape index (κ1) is 13.3.